The quantitative estimate of drug-likeness (QED) is 0.0641. The first-order chi connectivity index (χ1) is 63.0. The van der Waals surface area contributed by atoms with Crippen LogP contribution in [-0.4, -0.2) is 51.7 Å². The molecule has 19 rings (SSSR count). The molecule has 19 aromatic rings. The number of ketones is 2. The number of furan rings is 1. The Hall–Kier alpha value is -12.1. The summed E-state index contributed by atoms with van der Waals surface area (Å²) in [5, 5.41) is 24.1. The second-order valence-corrected chi connectivity index (χ2v) is 34.9. The molecule has 0 bridgehead atoms. The number of para-hydroxylation sites is 1. The molecule has 11 aromatic carbocycles. The number of benzene rings is 11. The van der Waals surface area contributed by atoms with Crippen LogP contribution in [0.3, 0.4) is 0 Å². The van der Waals surface area contributed by atoms with E-state index in [2.05, 4.69) is 308 Å². The van der Waals surface area contributed by atoms with Gasteiger partial charge in [-0.3, -0.25) is 19.6 Å². The number of rotatable bonds is 13. The number of nitrogens with zero attached hydrogens (tertiary/aromatic N) is 6. The molecule has 136 heavy (non-hydrogen) atoms. The van der Waals surface area contributed by atoms with Gasteiger partial charge in [0.15, 0.2) is 11.6 Å². The zero-order valence-electron chi connectivity index (χ0n) is 79.1. The van der Waals surface area contributed by atoms with Crippen LogP contribution in [0, 0.1) is 111 Å². The Bertz CT molecular complexity index is 6890. The van der Waals surface area contributed by atoms with Crippen molar-refractivity contribution in [2.75, 3.05) is 0 Å². The van der Waals surface area contributed by atoms with Crippen molar-refractivity contribution < 1.29 is 105 Å². The van der Waals surface area contributed by atoms with Crippen LogP contribution >= 0.6 is 11.3 Å². The summed E-state index contributed by atoms with van der Waals surface area (Å²) < 4.78 is 8.42. The van der Waals surface area contributed by atoms with Crippen molar-refractivity contribution in [2.45, 2.75) is 138 Å². The Kier molecular flexibility index (Phi) is 44.0. The predicted octanol–water partition coefficient (Wildman–Crippen LogP) is 31.4. The number of hydrogen-bond acceptors (Lipinski definition) is 12. The molecule has 0 aliphatic heterocycles. The van der Waals surface area contributed by atoms with E-state index < -0.39 is 0 Å². The smallest absolute Gasteiger partial charge is 0.155 e. The average molecular weight is 2520 g/mol. The standard InChI is InChI=1S/C27H26N.C22H24N.C18H12NO.C18H12NS.2C12H10N.2C5H8O2.CH4.4Ir/c1-18(2)12-23-17-27(24-14-19(3)13-20(4)15-24)28-26-11-10-22(16-25(23)26)21-8-6-5-7-9-21;1-14(2)8-18-13-22(19-10-16(4)9-17(5)11-19)23-21-7-6-15(3)12-20(18)21;2*1-12-8-9-19-16(10-12)13-6-7-18-15(11-13)14-4-2-3-5-17(14)20-18;2*1-10-7-8-12(13-9-10)11-5-3-2-4-6-11;2*1-4(6)3-5(2)7;;;;;/h5-11,13-14,16-18H,12H2,1-4H3;6-7,9-10,12-14H,8H2,1-5H3;2*2-5,7-11H,1H3;2*2-5,7-9H,1H3;2*3,6H,1-2H3;1H4;;;;/q6*-1;;;;;;;. The van der Waals surface area contributed by atoms with Crippen LogP contribution in [0.25, 0.3) is 143 Å². The van der Waals surface area contributed by atoms with E-state index in [9.17, 15) is 9.59 Å². The van der Waals surface area contributed by atoms with Gasteiger partial charge in [0.2, 0.25) is 0 Å². The summed E-state index contributed by atoms with van der Waals surface area (Å²) in [6, 6.07) is 114. The molecule has 0 amide bonds. The van der Waals surface area contributed by atoms with Crippen molar-refractivity contribution >= 4 is 86.8 Å². The van der Waals surface area contributed by atoms with Crippen LogP contribution in [0.4, 0.5) is 0 Å². The number of fused-ring (bicyclic) bond motifs is 8. The van der Waals surface area contributed by atoms with E-state index in [4.69, 9.17) is 24.6 Å². The topological polar surface area (TPSA) is 165 Å². The maximum atomic E-state index is 10.0. The number of aryl methyl sites for hydroxylation is 9. The molecule has 0 spiro atoms. The van der Waals surface area contributed by atoms with Crippen molar-refractivity contribution in [3.05, 3.63) is 419 Å². The fourth-order valence-corrected chi connectivity index (χ4v) is 16.1. The van der Waals surface area contributed by atoms with Crippen LogP contribution in [-0.2, 0) is 103 Å². The molecule has 8 aromatic heterocycles. The van der Waals surface area contributed by atoms with E-state index in [1.807, 2.05) is 147 Å². The number of aliphatic hydroxyl groups is 2. The molecule has 0 aliphatic rings. The molecular weight excluding hydrogens is 2410 g/mol. The molecule has 0 fully saturated rings. The van der Waals surface area contributed by atoms with Gasteiger partial charge in [-0.1, -0.05) is 218 Å². The normalized spacial score (nSPS) is 10.6. The maximum absolute atomic E-state index is 10.0. The minimum Gasteiger partial charge on any atom is -0.512 e. The van der Waals surface area contributed by atoms with Crippen molar-refractivity contribution in [3.63, 3.8) is 0 Å². The van der Waals surface area contributed by atoms with Gasteiger partial charge in [-0.05, 0) is 213 Å². The molecular formula is C120H114Ir4N6O5S-6. The van der Waals surface area contributed by atoms with Gasteiger partial charge in [-0.15, -0.1) is 189 Å². The van der Waals surface area contributed by atoms with Gasteiger partial charge in [-0.2, -0.15) is 11.3 Å². The number of hydrogen-bond donors (Lipinski definition) is 2. The van der Waals surface area contributed by atoms with Crippen LogP contribution in [0.15, 0.2) is 326 Å². The van der Waals surface area contributed by atoms with E-state index in [0.717, 1.165) is 124 Å². The molecule has 2 N–H and O–H groups in total. The van der Waals surface area contributed by atoms with E-state index >= 15 is 0 Å². The molecule has 0 saturated heterocycles. The van der Waals surface area contributed by atoms with Gasteiger partial charge in [0.05, 0.1) is 28.1 Å². The van der Waals surface area contributed by atoms with Gasteiger partial charge < -0.3 is 34.6 Å². The maximum Gasteiger partial charge on any atom is 0.155 e. The number of aliphatic hydroxyl groups excluding tert-OH is 2. The van der Waals surface area contributed by atoms with Gasteiger partial charge >= 0.3 is 0 Å². The fraction of sp³-hybridized carbons (Fsp3) is 0.183. The first kappa shape index (κ1) is 111. The molecule has 0 saturated carbocycles. The molecule has 0 atom stereocenters. The molecule has 702 valence electrons. The van der Waals surface area contributed by atoms with Gasteiger partial charge in [0.25, 0.3) is 0 Å². The summed E-state index contributed by atoms with van der Waals surface area (Å²) in [4.78, 5) is 47.4. The van der Waals surface area contributed by atoms with Crippen LogP contribution in [0.2, 0.25) is 0 Å². The zero-order valence-corrected chi connectivity index (χ0v) is 89.5. The van der Waals surface area contributed by atoms with Gasteiger partial charge in [0, 0.05) is 138 Å². The number of pyridine rings is 6. The Balaban J connectivity index is 0.000000218. The minimum absolute atomic E-state index is 0. The summed E-state index contributed by atoms with van der Waals surface area (Å²) in [6.45, 7) is 33.6. The molecule has 16 heteroatoms. The largest absolute Gasteiger partial charge is 0.512 e. The summed E-state index contributed by atoms with van der Waals surface area (Å²) in [5.41, 5.74) is 32.3. The fourth-order valence-electron chi connectivity index (χ4n) is 15.0. The Morgan fingerprint density at radius 1 is 0.353 bits per heavy atom. The zero-order chi connectivity index (χ0) is 93.2. The Morgan fingerprint density at radius 2 is 0.801 bits per heavy atom. The number of carbonyl (C=O) groups is 2. The Morgan fingerprint density at radius 3 is 1.26 bits per heavy atom. The summed E-state index contributed by atoms with van der Waals surface area (Å²) >= 11 is 1.82. The third kappa shape index (κ3) is 32.6. The first-order valence-corrected chi connectivity index (χ1v) is 44.8. The van der Waals surface area contributed by atoms with Crippen LogP contribution < -0.4 is 0 Å². The van der Waals surface area contributed by atoms with Crippen molar-refractivity contribution in [3.8, 4) is 78.7 Å². The number of aromatic nitrogens is 6. The van der Waals surface area contributed by atoms with E-state index in [0.29, 0.717) is 11.8 Å². The van der Waals surface area contributed by atoms with Crippen molar-refractivity contribution in [1.82, 2.24) is 29.9 Å². The third-order valence-electron chi connectivity index (χ3n) is 20.8. The predicted molar refractivity (Wildman–Crippen MR) is 552 cm³/mol. The van der Waals surface area contributed by atoms with Crippen molar-refractivity contribution in [2.24, 2.45) is 11.8 Å². The monoisotopic (exact) mass is 2520 g/mol. The third-order valence-corrected chi connectivity index (χ3v) is 21.9. The van der Waals surface area contributed by atoms with Gasteiger partial charge in [-0.25, -0.2) is 0 Å². The molecule has 8 heterocycles. The Labute approximate surface area is 861 Å². The molecule has 11 nitrogen and oxygen atoms in total. The van der Waals surface area contributed by atoms with E-state index in [1.54, 1.807) is 0 Å². The average Bonchev–Trinajstić information content (AvgIpc) is 1.73. The summed E-state index contributed by atoms with van der Waals surface area (Å²) in [5.74, 6) is 1.08. The molecule has 0 aliphatic carbocycles. The van der Waals surface area contributed by atoms with Crippen molar-refractivity contribution in [1.29, 1.82) is 0 Å². The second kappa shape index (κ2) is 54.0. The number of carbonyl (C=O) groups excluding carboxylic acids is 2. The van der Waals surface area contributed by atoms with E-state index in [-0.39, 0.29) is 111 Å². The van der Waals surface area contributed by atoms with E-state index in [1.165, 1.54) is 132 Å². The van der Waals surface area contributed by atoms with Gasteiger partial charge in [0.1, 0.15) is 5.58 Å². The summed E-state index contributed by atoms with van der Waals surface area (Å²) in [7, 11) is 0. The molecule has 0 unspecified atom stereocenters. The van der Waals surface area contributed by atoms with Crippen LogP contribution in [0.1, 0.15) is 124 Å². The van der Waals surface area contributed by atoms with Crippen LogP contribution in [0.5, 0.6) is 0 Å². The number of thiophene rings is 1. The minimum atomic E-state index is -0.125. The molecule has 4 radical (unpaired) electrons. The first-order valence-electron chi connectivity index (χ1n) is 44.0. The second-order valence-electron chi connectivity index (χ2n) is 33.8. The SMILES string of the molecule is C.CC(=O)C=C(C)O.CC(=O)C=C(C)O.Cc1[c-]c(-c2cc(CC(C)C)c3cc(-c4ccccc4)ccc3n2)cc(C)c1.Cc1[c-]c(-c2cc(CC(C)C)c3cc(C)ccc3n2)cc(C)c1.Cc1ccc(-c2[c-]cccc2)nc1.Cc1ccc(-c2[c-]cccc2)nc1.Cc1ccnc(-c2[c-]cc3oc4ccccc4c3c2)c1.Cc1ccnc(-c2[c-]cc3sc4ccccc4c3c2)c1.[Ir].[Ir].[Ir].[Ir]. The summed E-state index contributed by atoms with van der Waals surface area (Å²) in [6.07, 6.45) is 11.9. The number of allylic oxidation sites excluding steroid dienone is 4.